The van der Waals surface area contributed by atoms with Crippen LogP contribution in [0.4, 0.5) is 0 Å². The predicted octanol–water partition coefficient (Wildman–Crippen LogP) is 1.90. The Morgan fingerprint density at radius 2 is 1.71 bits per heavy atom. The number of carbonyl (C=O) groups excluding carboxylic acids is 2. The van der Waals surface area contributed by atoms with Crippen molar-refractivity contribution in [2.45, 2.75) is 13.8 Å². The molecule has 0 fully saturated rings. The summed E-state index contributed by atoms with van der Waals surface area (Å²) >= 11 is 0. The molecular weight excluding hydrogens is 176 g/mol. The molecule has 0 unspecified atom stereocenters. The number of ketones is 2. The molecule has 0 saturated carbocycles. The fourth-order valence-electron chi connectivity index (χ4n) is 1.58. The Morgan fingerprint density at radius 3 is 2.43 bits per heavy atom. The molecule has 2 heteroatoms. The normalized spacial score (nSPS) is 20.7. The van der Waals surface area contributed by atoms with Crippen molar-refractivity contribution < 1.29 is 9.59 Å². The van der Waals surface area contributed by atoms with Gasteiger partial charge in [0.25, 0.3) is 0 Å². The van der Waals surface area contributed by atoms with Crippen LogP contribution in [0.25, 0.3) is 0 Å². The molecule has 0 atom stereocenters. The highest BCUT2D eigenvalue weighted by atomic mass is 16.1. The van der Waals surface area contributed by atoms with Crippen LogP contribution in [0.15, 0.2) is 46.6 Å². The van der Waals surface area contributed by atoms with Crippen molar-refractivity contribution in [2.75, 3.05) is 0 Å². The number of Topliss-reactive ketones (excluding diaryl/α,β-unsaturated/α-hetero) is 1. The van der Waals surface area contributed by atoms with Crippen LogP contribution in [0, 0.1) is 0 Å². The van der Waals surface area contributed by atoms with Crippen LogP contribution < -0.4 is 0 Å². The zero-order valence-electron chi connectivity index (χ0n) is 8.13. The summed E-state index contributed by atoms with van der Waals surface area (Å²) in [5, 5.41) is 0. The summed E-state index contributed by atoms with van der Waals surface area (Å²) in [6.07, 6.45) is 6.53. The van der Waals surface area contributed by atoms with Crippen LogP contribution >= 0.6 is 0 Å². The monoisotopic (exact) mass is 186 g/mol. The Kier molecular flexibility index (Phi) is 1.84. The second kappa shape index (κ2) is 2.91. The van der Waals surface area contributed by atoms with Crippen LogP contribution in [0.3, 0.4) is 0 Å². The largest absolute Gasteiger partial charge is 0.290 e. The number of allylic oxidation sites excluding steroid dienone is 8. The van der Waals surface area contributed by atoms with E-state index in [1.54, 1.807) is 13.0 Å². The minimum absolute atomic E-state index is 0.0299. The summed E-state index contributed by atoms with van der Waals surface area (Å²) < 4.78 is 0. The highest BCUT2D eigenvalue weighted by Gasteiger charge is 2.23. The molecule has 70 valence electrons. The summed E-state index contributed by atoms with van der Waals surface area (Å²) in [5.74, 6) is -0.143. The molecule has 0 N–H and O–H groups in total. The van der Waals surface area contributed by atoms with Crippen molar-refractivity contribution in [1.29, 1.82) is 0 Å². The molecule has 0 radical (unpaired) electrons. The molecule has 0 saturated heterocycles. The lowest BCUT2D eigenvalue weighted by molar-refractivity contribution is -0.113. The SMILES string of the molecule is CC1=C(C)C(=O)C2=CC(=O)C=CC2=C1. The van der Waals surface area contributed by atoms with Crippen LogP contribution in [0.2, 0.25) is 0 Å². The summed E-state index contributed by atoms with van der Waals surface area (Å²) in [6.45, 7) is 3.69. The number of hydrogen-bond donors (Lipinski definition) is 0. The van der Waals surface area contributed by atoms with Gasteiger partial charge in [-0.05, 0) is 42.7 Å². The number of carbonyl (C=O) groups is 2. The summed E-state index contributed by atoms with van der Waals surface area (Å²) in [5.41, 5.74) is 3.07. The molecule has 2 nitrogen and oxygen atoms in total. The van der Waals surface area contributed by atoms with Crippen molar-refractivity contribution in [3.63, 3.8) is 0 Å². The average molecular weight is 186 g/mol. The van der Waals surface area contributed by atoms with Crippen molar-refractivity contribution in [1.82, 2.24) is 0 Å². The molecule has 0 aliphatic heterocycles. The van der Waals surface area contributed by atoms with Gasteiger partial charge in [-0.1, -0.05) is 12.2 Å². The maximum absolute atomic E-state index is 11.8. The van der Waals surface area contributed by atoms with Crippen molar-refractivity contribution in [2.24, 2.45) is 0 Å². The van der Waals surface area contributed by atoms with Gasteiger partial charge in [0.2, 0.25) is 0 Å². The summed E-state index contributed by atoms with van der Waals surface area (Å²) in [7, 11) is 0. The molecule has 0 aromatic heterocycles. The Bertz CT molecular complexity index is 457. The van der Waals surface area contributed by atoms with E-state index in [1.165, 1.54) is 12.2 Å². The van der Waals surface area contributed by atoms with Crippen LogP contribution in [-0.2, 0) is 9.59 Å². The fraction of sp³-hybridized carbons (Fsp3) is 0.167. The Labute approximate surface area is 82.3 Å². The highest BCUT2D eigenvalue weighted by molar-refractivity contribution is 6.19. The van der Waals surface area contributed by atoms with E-state index < -0.39 is 0 Å². The molecule has 0 aromatic carbocycles. The molecule has 2 aliphatic carbocycles. The number of hydrogen-bond acceptors (Lipinski definition) is 2. The lowest BCUT2D eigenvalue weighted by atomic mass is 9.85. The highest BCUT2D eigenvalue weighted by Crippen LogP contribution is 2.28. The second-order valence-electron chi connectivity index (χ2n) is 3.53. The van der Waals surface area contributed by atoms with E-state index in [-0.39, 0.29) is 11.6 Å². The van der Waals surface area contributed by atoms with Gasteiger partial charge < -0.3 is 0 Å². The van der Waals surface area contributed by atoms with Gasteiger partial charge in [0, 0.05) is 5.57 Å². The van der Waals surface area contributed by atoms with Crippen LogP contribution in [0.5, 0.6) is 0 Å². The van der Waals surface area contributed by atoms with E-state index in [4.69, 9.17) is 0 Å². The Balaban J connectivity index is 2.59. The molecule has 0 bridgehead atoms. The topological polar surface area (TPSA) is 34.1 Å². The molecule has 2 aliphatic rings. The maximum atomic E-state index is 11.8. The second-order valence-corrected chi connectivity index (χ2v) is 3.53. The van der Waals surface area contributed by atoms with E-state index in [1.807, 2.05) is 13.0 Å². The third-order valence-corrected chi connectivity index (χ3v) is 2.57. The lowest BCUT2D eigenvalue weighted by Crippen LogP contribution is -2.15. The first kappa shape index (κ1) is 8.88. The van der Waals surface area contributed by atoms with Crippen molar-refractivity contribution in [3.05, 3.63) is 46.6 Å². The third kappa shape index (κ3) is 1.20. The average Bonchev–Trinajstić information content (AvgIpc) is 2.16. The first-order valence-electron chi connectivity index (χ1n) is 4.47. The maximum Gasteiger partial charge on any atom is 0.189 e. The van der Waals surface area contributed by atoms with E-state index in [0.29, 0.717) is 5.57 Å². The smallest absolute Gasteiger partial charge is 0.189 e. The first-order valence-corrected chi connectivity index (χ1v) is 4.47. The number of fused-ring (bicyclic) bond motifs is 1. The van der Waals surface area contributed by atoms with Crippen LogP contribution in [-0.4, -0.2) is 11.6 Å². The molecule has 14 heavy (non-hydrogen) atoms. The third-order valence-electron chi connectivity index (χ3n) is 2.57. The van der Waals surface area contributed by atoms with Gasteiger partial charge in [0.15, 0.2) is 11.6 Å². The van der Waals surface area contributed by atoms with Crippen molar-refractivity contribution >= 4 is 11.6 Å². The van der Waals surface area contributed by atoms with E-state index in [2.05, 4.69) is 0 Å². The van der Waals surface area contributed by atoms with Crippen molar-refractivity contribution in [3.8, 4) is 0 Å². The Hall–Kier alpha value is -1.70. The summed E-state index contributed by atoms with van der Waals surface area (Å²) in [4.78, 5) is 22.9. The van der Waals surface area contributed by atoms with Gasteiger partial charge in [-0.2, -0.15) is 0 Å². The first-order chi connectivity index (χ1) is 6.59. The van der Waals surface area contributed by atoms with E-state index in [0.717, 1.165) is 16.7 Å². The minimum atomic E-state index is -0.113. The summed E-state index contributed by atoms with van der Waals surface area (Å²) in [6, 6.07) is 0. The van der Waals surface area contributed by atoms with Gasteiger partial charge in [-0.25, -0.2) is 0 Å². The zero-order chi connectivity index (χ0) is 10.3. The fourth-order valence-corrected chi connectivity index (χ4v) is 1.58. The lowest BCUT2D eigenvalue weighted by Gasteiger charge is -2.17. The van der Waals surface area contributed by atoms with Gasteiger partial charge in [0.05, 0.1) is 0 Å². The minimum Gasteiger partial charge on any atom is -0.290 e. The van der Waals surface area contributed by atoms with Gasteiger partial charge in [-0.15, -0.1) is 0 Å². The molecule has 0 heterocycles. The van der Waals surface area contributed by atoms with E-state index >= 15 is 0 Å². The molecule has 2 rings (SSSR count). The van der Waals surface area contributed by atoms with E-state index in [9.17, 15) is 9.59 Å². The quantitative estimate of drug-likeness (QED) is 0.579. The van der Waals surface area contributed by atoms with Crippen LogP contribution in [0.1, 0.15) is 13.8 Å². The predicted molar refractivity (Wildman–Crippen MR) is 53.7 cm³/mol. The molecule has 0 amide bonds. The molecular formula is C12H10O2. The standard InChI is InChI=1S/C12H10O2/c1-7-5-9-3-4-10(13)6-11(9)12(14)8(7)2/h3-6H,1-2H3. The number of rotatable bonds is 0. The van der Waals surface area contributed by atoms with Gasteiger partial charge >= 0.3 is 0 Å². The Morgan fingerprint density at radius 1 is 1.00 bits per heavy atom. The molecule has 0 aromatic rings. The molecule has 0 spiro atoms. The zero-order valence-corrected chi connectivity index (χ0v) is 8.13. The van der Waals surface area contributed by atoms with Gasteiger partial charge in [-0.3, -0.25) is 9.59 Å². The van der Waals surface area contributed by atoms with Gasteiger partial charge in [0.1, 0.15) is 0 Å².